The Morgan fingerprint density at radius 2 is 1.62 bits per heavy atom. The van der Waals surface area contributed by atoms with Gasteiger partial charge in [-0.25, -0.2) is 0 Å². The number of anilines is 1. The fraction of sp³-hybridized carbons (Fsp3) is 0.263. The lowest BCUT2D eigenvalue weighted by Crippen LogP contribution is -2.20. The average molecular weight is 327 g/mol. The van der Waals surface area contributed by atoms with Gasteiger partial charge in [0, 0.05) is 12.1 Å². The second kappa shape index (κ2) is 8.72. The molecule has 0 saturated carbocycles. The Bertz CT molecular complexity index is 678. The highest BCUT2D eigenvalue weighted by molar-refractivity contribution is 5.91. The van der Waals surface area contributed by atoms with Crippen molar-refractivity contribution in [1.29, 1.82) is 0 Å². The van der Waals surface area contributed by atoms with Gasteiger partial charge in [-0.15, -0.1) is 0 Å². The third-order valence-electron chi connectivity index (χ3n) is 3.57. The number of aliphatic carboxylic acids is 1. The van der Waals surface area contributed by atoms with Crippen LogP contribution < -0.4 is 10.1 Å². The van der Waals surface area contributed by atoms with Crippen molar-refractivity contribution in [3.8, 4) is 5.75 Å². The van der Waals surface area contributed by atoms with Crippen LogP contribution in [0.1, 0.15) is 24.5 Å². The molecule has 0 saturated heterocycles. The third-order valence-corrected chi connectivity index (χ3v) is 3.57. The first-order valence-electron chi connectivity index (χ1n) is 7.89. The summed E-state index contributed by atoms with van der Waals surface area (Å²) in [5.74, 6) is -0.407. The van der Waals surface area contributed by atoms with Crippen LogP contribution in [0.25, 0.3) is 0 Å². The first-order chi connectivity index (χ1) is 11.6. The summed E-state index contributed by atoms with van der Waals surface area (Å²) in [7, 11) is 0. The van der Waals surface area contributed by atoms with Crippen molar-refractivity contribution < 1.29 is 19.4 Å². The molecule has 5 heteroatoms. The van der Waals surface area contributed by atoms with E-state index in [1.54, 1.807) is 12.1 Å². The molecule has 0 unspecified atom stereocenters. The summed E-state index contributed by atoms with van der Waals surface area (Å²) < 4.78 is 5.45. The Kier molecular flexibility index (Phi) is 6.37. The zero-order chi connectivity index (χ0) is 17.4. The van der Waals surface area contributed by atoms with Gasteiger partial charge in [0.1, 0.15) is 5.75 Å². The maximum absolute atomic E-state index is 11.9. The van der Waals surface area contributed by atoms with Crippen LogP contribution in [0.3, 0.4) is 0 Å². The Balaban J connectivity index is 1.79. The van der Waals surface area contributed by atoms with Gasteiger partial charge in [-0.3, -0.25) is 9.59 Å². The van der Waals surface area contributed by atoms with Gasteiger partial charge in [-0.05, 0) is 48.2 Å². The number of carboxylic acid groups (broad SMARTS) is 1. The molecule has 0 atom stereocenters. The highest BCUT2D eigenvalue weighted by Gasteiger charge is 2.05. The number of hydrogen-bond acceptors (Lipinski definition) is 3. The summed E-state index contributed by atoms with van der Waals surface area (Å²) in [4.78, 5) is 22.4. The predicted molar refractivity (Wildman–Crippen MR) is 92.3 cm³/mol. The minimum atomic E-state index is -0.823. The van der Waals surface area contributed by atoms with Crippen molar-refractivity contribution >= 4 is 17.6 Å². The molecule has 5 nitrogen and oxygen atoms in total. The second-order valence-corrected chi connectivity index (χ2v) is 5.43. The summed E-state index contributed by atoms with van der Waals surface area (Å²) >= 11 is 0. The molecule has 2 N–H and O–H groups in total. The molecule has 0 spiro atoms. The molecule has 0 aliphatic rings. The molecular weight excluding hydrogens is 306 g/mol. The van der Waals surface area contributed by atoms with Crippen molar-refractivity contribution in [1.82, 2.24) is 0 Å². The number of benzene rings is 2. The maximum atomic E-state index is 11.9. The van der Waals surface area contributed by atoms with E-state index in [4.69, 9.17) is 9.84 Å². The lowest BCUT2D eigenvalue weighted by molar-refractivity contribution is -0.137. The van der Waals surface area contributed by atoms with Crippen LogP contribution in [0.2, 0.25) is 0 Å². The summed E-state index contributed by atoms with van der Waals surface area (Å²) in [5, 5.41) is 11.4. The SMILES string of the molecule is CCc1ccc(OCC(=O)Nc2ccc(CCC(=O)O)cc2)cc1. The first kappa shape index (κ1) is 17.5. The smallest absolute Gasteiger partial charge is 0.303 e. The minimum Gasteiger partial charge on any atom is -0.484 e. The number of carboxylic acids is 1. The molecule has 0 aliphatic heterocycles. The Morgan fingerprint density at radius 1 is 1.00 bits per heavy atom. The summed E-state index contributed by atoms with van der Waals surface area (Å²) in [6, 6.07) is 14.8. The topological polar surface area (TPSA) is 75.6 Å². The molecule has 126 valence electrons. The van der Waals surface area contributed by atoms with Crippen LogP contribution in [-0.4, -0.2) is 23.6 Å². The molecule has 0 radical (unpaired) electrons. The molecule has 0 aliphatic carbocycles. The van der Waals surface area contributed by atoms with Crippen molar-refractivity contribution in [2.24, 2.45) is 0 Å². The van der Waals surface area contributed by atoms with Gasteiger partial charge in [0.25, 0.3) is 5.91 Å². The fourth-order valence-electron chi connectivity index (χ4n) is 2.17. The zero-order valence-corrected chi connectivity index (χ0v) is 13.6. The Morgan fingerprint density at radius 3 is 2.21 bits per heavy atom. The van der Waals surface area contributed by atoms with E-state index in [-0.39, 0.29) is 18.9 Å². The van der Waals surface area contributed by atoms with Crippen LogP contribution in [0.4, 0.5) is 5.69 Å². The molecule has 2 rings (SSSR count). The van der Waals surface area contributed by atoms with E-state index >= 15 is 0 Å². The number of hydrogen-bond donors (Lipinski definition) is 2. The van der Waals surface area contributed by atoms with E-state index < -0.39 is 5.97 Å². The van der Waals surface area contributed by atoms with E-state index in [9.17, 15) is 9.59 Å². The molecule has 0 fully saturated rings. The Hall–Kier alpha value is -2.82. The largest absolute Gasteiger partial charge is 0.484 e. The van der Waals surface area contributed by atoms with Gasteiger partial charge in [-0.2, -0.15) is 0 Å². The van der Waals surface area contributed by atoms with Crippen molar-refractivity contribution in [3.63, 3.8) is 0 Å². The second-order valence-electron chi connectivity index (χ2n) is 5.43. The van der Waals surface area contributed by atoms with Crippen molar-refractivity contribution in [2.75, 3.05) is 11.9 Å². The van der Waals surface area contributed by atoms with Crippen LogP contribution in [0.15, 0.2) is 48.5 Å². The number of carbonyl (C=O) groups excluding carboxylic acids is 1. The van der Waals surface area contributed by atoms with Gasteiger partial charge < -0.3 is 15.2 Å². The van der Waals surface area contributed by atoms with Gasteiger partial charge in [-0.1, -0.05) is 31.2 Å². The van der Waals surface area contributed by atoms with Crippen LogP contribution in [0, 0.1) is 0 Å². The molecule has 2 aromatic rings. The van der Waals surface area contributed by atoms with Crippen LogP contribution in [0.5, 0.6) is 5.75 Å². The quantitative estimate of drug-likeness (QED) is 0.780. The van der Waals surface area contributed by atoms with Crippen LogP contribution >= 0.6 is 0 Å². The monoisotopic (exact) mass is 327 g/mol. The van der Waals surface area contributed by atoms with Gasteiger partial charge in [0.2, 0.25) is 0 Å². The zero-order valence-electron chi connectivity index (χ0n) is 13.6. The Labute approximate surface area is 141 Å². The molecular formula is C19H21NO4. The molecule has 0 heterocycles. The van der Waals surface area contributed by atoms with E-state index in [0.717, 1.165) is 12.0 Å². The average Bonchev–Trinajstić information content (AvgIpc) is 2.60. The van der Waals surface area contributed by atoms with E-state index in [1.807, 2.05) is 36.4 Å². The lowest BCUT2D eigenvalue weighted by Gasteiger charge is -2.08. The summed E-state index contributed by atoms with van der Waals surface area (Å²) in [6.07, 6.45) is 1.53. The highest BCUT2D eigenvalue weighted by Crippen LogP contribution is 2.14. The van der Waals surface area contributed by atoms with Gasteiger partial charge >= 0.3 is 5.97 Å². The van der Waals surface area contributed by atoms with Crippen LogP contribution in [-0.2, 0) is 22.4 Å². The number of ether oxygens (including phenoxy) is 1. The summed E-state index contributed by atoms with van der Waals surface area (Å²) in [5.41, 5.74) is 2.79. The van der Waals surface area contributed by atoms with Gasteiger partial charge in [0.15, 0.2) is 6.61 Å². The molecule has 2 aromatic carbocycles. The van der Waals surface area contributed by atoms with Crippen molar-refractivity contribution in [3.05, 3.63) is 59.7 Å². The van der Waals surface area contributed by atoms with E-state index in [1.165, 1.54) is 5.56 Å². The van der Waals surface area contributed by atoms with E-state index in [2.05, 4.69) is 12.2 Å². The normalized spacial score (nSPS) is 10.2. The first-order valence-corrected chi connectivity index (χ1v) is 7.89. The molecule has 1 amide bonds. The number of amides is 1. The molecule has 24 heavy (non-hydrogen) atoms. The third kappa shape index (κ3) is 5.76. The molecule has 0 bridgehead atoms. The number of nitrogens with one attached hydrogen (secondary N) is 1. The lowest BCUT2D eigenvalue weighted by atomic mass is 10.1. The minimum absolute atomic E-state index is 0.0633. The summed E-state index contributed by atoms with van der Waals surface area (Å²) in [6.45, 7) is 2.02. The number of rotatable bonds is 8. The highest BCUT2D eigenvalue weighted by atomic mass is 16.5. The van der Waals surface area contributed by atoms with Crippen molar-refractivity contribution in [2.45, 2.75) is 26.2 Å². The number of carbonyl (C=O) groups is 2. The van der Waals surface area contributed by atoms with E-state index in [0.29, 0.717) is 17.9 Å². The van der Waals surface area contributed by atoms with Gasteiger partial charge in [0.05, 0.1) is 0 Å². The molecule has 0 aromatic heterocycles. The fourth-order valence-corrected chi connectivity index (χ4v) is 2.17. The maximum Gasteiger partial charge on any atom is 0.303 e. The predicted octanol–water partition coefficient (Wildman–Crippen LogP) is 3.28. The standard InChI is InChI=1S/C19H21NO4/c1-2-14-5-10-17(11-6-14)24-13-18(21)20-16-8-3-15(4-9-16)7-12-19(22)23/h3-6,8-11H,2,7,12-13H2,1H3,(H,20,21)(H,22,23). The number of aryl methyl sites for hydroxylation is 2.